The molecule has 0 aliphatic carbocycles. The maximum Gasteiger partial charge on any atom is 0.143 e. The van der Waals surface area contributed by atoms with E-state index in [-0.39, 0.29) is 22.4 Å². The number of halogens is 2. The topological polar surface area (TPSA) is 58.2 Å². The monoisotopic (exact) mass is 322 g/mol. The van der Waals surface area contributed by atoms with E-state index < -0.39 is 5.82 Å². The summed E-state index contributed by atoms with van der Waals surface area (Å²) in [7, 11) is 1.88. The summed E-state index contributed by atoms with van der Waals surface area (Å²) in [6.45, 7) is 0.840. The van der Waals surface area contributed by atoms with E-state index in [2.05, 4.69) is 5.32 Å². The Balaban J connectivity index is 2.23. The van der Waals surface area contributed by atoms with Crippen molar-refractivity contribution in [3.8, 4) is 11.8 Å². The molecule has 2 aromatic rings. The molecule has 1 aromatic carbocycles. The Kier molecular flexibility index (Phi) is 5.82. The summed E-state index contributed by atoms with van der Waals surface area (Å²) in [5, 5.41) is 12.1. The molecule has 1 N–H and O–H groups in total. The van der Waals surface area contributed by atoms with Crippen molar-refractivity contribution in [2.75, 3.05) is 13.6 Å². The molecule has 0 fully saturated rings. The third-order valence-electron chi connectivity index (χ3n) is 3.22. The van der Waals surface area contributed by atoms with E-state index in [1.807, 2.05) is 13.1 Å². The minimum Gasteiger partial charge on any atom is -0.484 e. The Morgan fingerprint density at radius 1 is 1.50 bits per heavy atom. The van der Waals surface area contributed by atoms with Crippen LogP contribution in [-0.4, -0.2) is 13.6 Å². The van der Waals surface area contributed by atoms with Gasteiger partial charge in [-0.05, 0) is 38.6 Å². The molecule has 4 nitrogen and oxygen atoms in total. The van der Waals surface area contributed by atoms with Crippen LogP contribution in [0.5, 0.6) is 5.75 Å². The number of furan rings is 1. The zero-order valence-corrected chi connectivity index (χ0v) is 12.9. The lowest BCUT2D eigenvalue weighted by Gasteiger charge is -2.19. The quantitative estimate of drug-likeness (QED) is 0.781. The molecule has 0 aliphatic heterocycles. The van der Waals surface area contributed by atoms with Crippen LogP contribution in [0.4, 0.5) is 4.39 Å². The van der Waals surface area contributed by atoms with Crippen molar-refractivity contribution >= 4 is 11.6 Å². The fourth-order valence-corrected chi connectivity index (χ4v) is 2.24. The van der Waals surface area contributed by atoms with Crippen LogP contribution < -0.4 is 10.1 Å². The van der Waals surface area contributed by atoms with Crippen LogP contribution in [0, 0.1) is 17.1 Å². The number of nitrogens with zero attached hydrogens (tertiary/aromatic N) is 1. The second kappa shape index (κ2) is 7.83. The number of nitriles is 1. The highest BCUT2D eigenvalue weighted by Gasteiger charge is 2.18. The molecule has 0 unspecified atom stereocenters. The maximum atomic E-state index is 13.4. The fourth-order valence-electron chi connectivity index (χ4n) is 2.08. The summed E-state index contributed by atoms with van der Waals surface area (Å²) in [5.41, 5.74) is 0.976. The Bertz CT molecular complexity index is 653. The highest BCUT2D eigenvalue weighted by Crippen LogP contribution is 2.32. The zero-order chi connectivity index (χ0) is 15.9. The van der Waals surface area contributed by atoms with Crippen molar-refractivity contribution in [3.05, 3.63) is 52.7 Å². The van der Waals surface area contributed by atoms with Crippen molar-refractivity contribution in [1.82, 2.24) is 5.32 Å². The minimum absolute atomic E-state index is 0.0739. The van der Waals surface area contributed by atoms with E-state index in [4.69, 9.17) is 26.0 Å². The van der Waals surface area contributed by atoms with Gasteiger partial charge in [0.2, 0.25) is 0 Å². The lowest BCUT2D eigenvalue weighted by molar-refractivity contribution is 0.190. The molecule has 116 valence electrons. The van der Waals surface area contributed by atoms with Gasteiger partial charge in [0.05, 0.1) is 23.1 Å². The average molecular weight is 323 g/mol. The predicted molar refractivity (Wildman–Crippen MR) is 81.4 cm³/mol. The number of hydrogen-bond donors (Lipinski definition) is 1. The molecular weight excluding hydrogens is 307 g/mol. The third-order valence-corrected chi connectivity index (χ3v) is 3.51. The third kappa shape index (κ3) is 4.00. The van der Waals surface area contributed by atoms with E-state index >= 15 is 0 Å². The standard InChI is InChI=1S/C16H16ClFN2O2/c1-20-5-2-3-15(11-4-6-21-10-11)22-16-8-13(17)14(18)7-12(16)9-19/h4,6-8,10,15,20H,2-3,5H2,1H3/t15-/m1/s1. The first-order chi connectivity index (χ1) is 10.7. The molecule has 0 aliphatic rings. The van der Waals surface area contributed by atoms with Gasteiger partial charge >= 0.3 is 0 Å². The molecule has 0 saturated heterocycles. The van der Waals surface area contributed by atoms with Crippen molar-refractivity contribution in [3.63, 3.8) is 0 Å². The van der Waals surface area contributed by atoms with Crippen LogP contribution in [0.2, 0.25) is 5.02 Å². The van der Waals surface area contributed by atoms with Gasteiger partial charge in [0.1, 0.15) is 23.7 Å². The normalized spacial score (nSPS) is 11.9. The number of benzene rings is 1. The lowest BCUT2D eigenvalue weighted by Crippen LogP contribution is -2.13. The summed E-state index contributed by atoms with van der Waals surface area (Å²) < 4.78 is 24.4. The SMILES string of the molecule is CNCCC[C@@H](Oc1cc(Cl)c(F)cc1C#N)c1ccoc1. The number of rotatable bonds is 7. The first-order valence-electron chi connectivity index (χ1n) is 6.88. The summed E-state index contributed by atoms with van der Waals surface area (Å²) in [5.74, 6) is -0.370. The molecule has 0 amide bonds. The van der Waals surface area contributed by atoms with Crippen LogP contribution in [0.15, 0.2) is 35.1 Å². The molecular formula is C16H16ClFN2O2. The van der Waals surface area contributed by atoms with Gasteiger partial charge in [0.15, 0.2) is 0 Å². The molecule has 0 spiro atoms. The molecule has 0 bridgehead atoms. The number of hydrogen-bond acceptors (Lipinski definition) is 4. The second-order valence-corrected chi connectivity index (χ2v) is 5.19. The fraction of sp³-hybridized carbons (Fsp3) is 0.312. The van der Waals surface area contributed by atoms with E-state index in [0.717, 1.165) is 31.0 Å². The number of ether oxygens (including phenoxy) is 1. The van der Waals surface area contributed by atoms with E-state index in [1.165, 1.54) is 6.07 Å². The van der Waals surface area contributed by atoms with Gasteiger partial charge in [-0.25, -0.2) is 4.39 Å². The maximum absolute atomic E-state index is 13.4. The van der Waals surface area contributed by atoms with Crippen LogP contribution >= 0.6 is 11.6 Å². The van der Waals surface area contributed by atoms with Gasteiger partial charge in [-0.2, -0.15) is 5.26 Å². The molecule has 0 saturated carbocycles. The smallest absolute Gasteiger partial charge is 0.143 e. The number of nitrogens with one attached hydrogen (secondary N) is 1. The van der Waals surface area contributed by atoms with E-state index in [1.54, 1.807) is 18.6 Å². The lowest BCUT2D eigenvalue weighted by atomic mass is 10.1. The van der Waals surface area contributed by atoms with Gasteiger partial charge in [-0.1, -0.05) is 11.6 Å². The molecule has 0 radical (unpaired) electrons. The summed E-state index contributed by atoms with van der Waals surface area (Å²) >= 11 is 5.78. The first-order valence-corrected chi connectivity index (χ1v) is 7.26. The molecule has 1 atom stereocenters. The van der Waals surface area contributed by atoms with E-state index in [9.17, 15) is 4.39 Å². The van der Waals surface area contributed by atoms with E-state index in [0.29, 0.717) is 0 Å². The zero-order valence-electron chi connectivity index (χ0n) is 12.1. The molecule has 1 heterocycles. The van der Waals surface area contributed by atoms with Gasteiger partial charge in [0.25, 0.3) is 0 Å². The second-order valence-electron chi connectivity index (χ2n) is 4.78. The summed E-state index contributed by atoms with van der Waals surface area (Å²) in [4.78, 5) is 0. The molecule has 6 heteroatoms. The minimum atomic E-state index is -0.638. The van der Waals surface area contributed by atoms with Gasteiger partial charge < -0.3 is 14.5 Å². The van der Waals surface area contributed by atoms with Crippen LogP contribution in [0.1, 0.15) is 30.1 Å². The van der Waals surface area contributed by atoms with Gasteiger partial charge in [0, 0.05) is 11.6 Å². The van der Waals surface area contributed by atoms with Crippen molar-refractivity contribution in [1.29, 1.82) is 5.26 Å². The van der Waals surface area contributed by atoms with Gasteiger partial charge in [-0.3, -0.25) is 0 Å². The van der Waals surface area contributed by atoms with Crippen LogP contribution in [0.25, 0.3) is 0 Å². The van der Waals surface area contributed by atoms with Gasteiger partial charge in [-0.15, -0.1) is 0 Å². The average Bonchev–Trinajstić information content (AvgIpc) is 3.04. The summed E-state index contributed by atoms with van der Waals surface area (Å²) in [6.07, 6.45) is 4.47. The Morgan fingerprint density at radius 3 is 2.95 bits per heavy atom. The highest BCUT2D eigenvalue weighted by molar-refractivity contribution is 6.30. The van der Waals surface area contributed by atoms with Crippen molar-refractivity contribution in [2.45, 2.75) is 18.9 Å². The summed E-state index contributed by atoms with van der Waals surface area (Å²) in [6, 6.07) is 6.14. The van der Waals surface area contributed by atoms with Crippen LogP contribution in [-0.2, 0) is 0 Å². The largest absolute Gasteiger partial charge is 0.484 e. The Labute approximate surface area is 133 Å². The van der Waals surface area contributed by atoms with Crippen molar-refractivity contribution in [2.24, 2.45) is 0 Å². The molecule has 22 heavy (non-hydrogen) atoms. The first kappa shape index (κ1) is 16.3. The Morgan fingerprint density at radius 2 is 2.32 bits per heavy atom. The molecule has 1 aromatic heterocycles. The van der Waals surface area contributed by atoms with Crippen LogP contribution in [0.3, 0.4) is 0 Å². The van der Waals surface area contributed by atoms with Crippen molar-refractivity contribution < 1.29 is 13.5 Å². The Hall–Kier alpha value is -2.03. The molecule has 2 rings (SSSR count). The predicted octanol–water partition coefficient (Wildman–Crippen LogP) is 4.06. The highest BCUT2D eigenvalue weighted by atomic mass is 35.5.